The number of ether oxygens (including phenoxy) is 1. The first-order valence-corrected chi connectivity index (χ1v) is 12.2. The molecule has 1 aliphatic carbocycles. The molecule has 0 saturated heterocycles. The van der Waals surface area contributed by atoms with Crippen molar-refractivity contribution in [2.75, 3.05) is 19.4 Å². The predicted octanol–water partition coefficient (Wildman–Crippen LogP) is 4.51. The van der Waals surface area contributed by atoms with Crippen LogP contribution < -0.4 is 4.74 Å². The number of aryl methyl sites for hydroxylation is 1. The van der Waals surface area contributed by atoms with Gasteiger partial charge in [0.1, 0.15) is 10.6 Å². The van der Waals surface area contributed by atoms with Gasteiger partial charge in [-0.15, -0.1) is 11.8 Å². The molecular weight excluding hydrogens is 392 g/mol. The number of sulfonamides is 1. The van der Waals surface area contributed by atoms with Crippen LogP contribution in [0.25, 0.3) is 0 Å². The van der Waals surface area contributed by atoms with Gasteiger partial charge in [0, 0.05) is 25.0 Å². The van der Waals surface area contributed by atoms with Crippen LogP contribution in [0.15, 0.2) is 52.5 Å². The van der Waals surface area contributed by atoms with E-state index >= 15 is 0 Å². The van der Waals surface area contributed by atoms with E-state index in [1.807, 2.05) is 31.2 Å². The standard InChI is InChI=1S/C21H28N2O3S2/c1-17-8-10-19(11-9-17)26-14-15-27-21-13-12-20(16-22-21)28(24,25)23(2)18-6-4-3-5-7-18/h8-13,16,18H,3-7,14-15H2,1-2H3. The van der Waals surface area contributed by atoms with E-state index < -0.39 is 10.0 Å². The Morgan fingerprint density at radius 3 is 2.46 bits per heavy atom. The van der Waals surface area contributed by atoms with Crippen LogP contribution in [0.3, 0.4) is 0 Å². The van der Waals surface area contributed by atoms with Crippen molar-refractivity contribution in [2.45, 2.75) is 55.0 Å². The monoisotopic (exact) mass is 420 g/mol. The highest BCUT2D eigenvalue weighted by molar-refractivity contribution is 7.99. The Morgan fingerprint density at radius 1 is 1.11 bits per heavy atom. The Bertz CT molecular complexity index is 846. The maximum absolute atomic E-state index is 12.8. The van der Waals surface area contributed by atoms with Gasteiger partial charge in [0.05, 0.1) is 11.6 Å². The van der Waals surface area contributed by atoms with Gasteiger partial charge < -0.3 is 4.74 Å². The molecule has 1 saturated carbocycles. The lowest BCUT2D eigenvalue weighted by molar-refractivity contribution is 0.285. The van der Waals surface area contributed by atoms with Gasteiger partial charge in [-0.05, 0) is 44.0 Å². The van der Waals surface area contributed by atoms with Gasteiger partial charge in [-0.2, -0.15) is 4.31 Å². The third kappa shape index (κ3) is 5.49. The molecule has 0 bridgehead atoms. The molecule has 0 N–H and O–H groups in total. The summed E-state index contributed by atoms with van der Waals surface area (Å²) in [4.78, 5) is 4.59. The average Bonchev–Trinajstić information content (AvgIpc) is 2.73. The number of rotatable bonds is 8. The number of benzene rings is 1. The quantitative estimate of drug-likeness (QED) is 0.464. The van der Waals surface area contributed by atoms with Crippen molar-refractivity contribution in [3.63, 3.8) is 0 Å². The number of pyridine rings is 1. The molecule has 0 aliphatic heterocycles. The SMILES string of the molecule is Cc1ccc(OCCSc2ccc(S(=O)(=O)N(C)C3CCCCC3)cn2)cc1. The maximum atomic E-state index is 12.8. The fourth-order valence-corrected chi connectivity index (χ4v) is 5.38. The lowest BCUT2D eigenvalue weighted by Gasteiger charge is -2.30. The van der Waals surface area contributed by atoms with E-state index in [4.69, 9.17) is 4.74 Å². The summed E-state index contributed by atoms with van der Waals surface area (Å²) in [5.41, 5.74) is 1.20. The highest BCUT2D eigenvalue weighted by atomic mass is 32.2. The zero-order valence-corrected chi connectivity index (χ0v) is 18.1. The average molecular weight is 421 g/mol. The largest absolute Gasteiger partial charge is 0.493 e. The summed E-state index contributed by atoms with van der Waals surface area (Å²) in [7, 11) is -1.79. The first kappa shape index (κ1) is 21.1. The van der Waals surface area contributed by atoms with Crippen molar-refractivity contribution >= 4 is 21.8 Å². The van der Waals surface area contributed by atoms with Gasteiger partial charge in [0.2, 0.25) is 10.0 Å². The van der Waals surface area contributed by atoms with E-state index in [2.05, 4.69) is 4.98 Å². The molecule has 0 spiro atoms. The van der Waals surface area contributed by atoms with E-state index in [9.17, 15) is 8.42 Å². The molecule has 0 amide bonds. The number of nitrogens with zero attached hydrogens (tertiary/aromatic N) is 2. The molecule has 0 radical (unpaired) electrons. The van der Waals surface area contributed by atoms with Crippen LogP contribution in [0.5, 0.6) is 5.75 Å². The molecule has 1 fully saturated rings. The maximum Gasteiger partial charge on any atom is 0.244 e. The lowest BCUT2D eigenvalue weighted by Crippen LogP contribution is -2.38. The van der Waals surface area contributed by atoms with Crippen molar-refractivity contribution in [3.05, 3.63) is 48.2 Å². The van der Waals surface area contributed by atoms with E-state index in [1.165, 1.54) is 22.5 Å². The number of hydrogen-bond donors (Lipinski definition) is 0. The van der Waals surface area contributed by atoms with Gasteiger partial charge >= 0.3 is 0 Å². The van der Waals surface area contributed by atoms with Crippen LogP contribution >= 0.6 is 11.8 Å². The molecule has 3 rings (SSSR count). The fraction of sp³-hybridized carbons (Fsp3) is 0.476. The Morgan fingerprint density at radius 2 is 1.82 bits per heavy atom. The first-order valence-electron chi connectivity index (χ1n) is 9.73. The molecule has 7 heteroatoms. The molecule has 1 aromatic carbocycles. The van der Waals surface area contributed by atoms with E-state index in [0.717, 1.165) is 42.2 Å². The topological polar surface area (TPSA) is 59.5 Å². The van der Waals surface area contributed by atoms with Gasteiger partial charge in [-0.25, -0.2) is 13.4 Å². The molecule has 2 aromatic rings. The van der Waals surface area contributed by atoms with Gasteiger partial charge in [0.25, 0.3) is 0 Å². The zero-order valence-electron chi connectivity index (χ0n) is 16.5. The van der Waals surface area contributed by atoms with E-state index in [-0.39, 0.29) is 10.9 Å². The second-order valence-corrected chi connectivity index (χ2v) is 10.3. The Balaban J connectivity index is 1.51. The molecule has 1 heterocycles. The summed E-state index contributed by atoms with van der Waals surface area (Å²) in [6.45, 7) is 2.61. The molecule has 0 atom stereocenters. The minimum absolute atomic E-state index is 0.103. The van der Waals surface area contributed by atoms with Gasteiger partial charge in [-0.3, -0.25) is 0 Å². The van der Waals surface area contributed by atoms with Crippen LogP contribution in [0.1, 0.15) is 37.7 Å². The normalized spacial score (nSPS) is 15.7. The van der Waals surface area contributed by atoms with Crippen LogP contribution in [0, 0.1) is 6.92 Å². The van der Waals surface area contributed by atoms with Crippen molar-refractivity contribution < 1.29 is 13.2 Å². The highest BCUT2D eigenvalue weighted by Gasteiger charge is 2.29. The molecule has 152 valence electrons. The summed E-state index contributed by atoms with van der Waals surface area (Å²) in [5, 5.41) is 0.798. The second kappa shape index (κ2) is 9.76. The summed E-state index contributed by atoms with van der Waals surface area (Å²) in [6, 6.07) is 11.5. The number of hydrogen-bond acceptors (Lipinski definition) is 5. The zero-order chi connectivity index (χ0) is 20.0. The predicted molar refractivity (Wildman–Crippen MR) is 113 cm³/mol. The summed E-state index contributed by atoms with van der Waals surface area (Å²) in [6.07, 6.45) is 6.76. The van der Waals surface area contributed by atoms with Crippen LogP contribution in [0.2, 0.25) is 0 Å². The summed E-state index contributed by atoms with van der Waals surface area (Å²) < 4.78 is 32.9. The highest BCUT2D eigenvalue weighted by Crippen LogP contribution is 2.27. The molecule has 1 aromatic heterocycles. The third-order valence-electron chi connectivity index (χ3n) is 5.10. The second-order valence-electron chi connectivity index (χ2n) is 7.16. The summed E-state index contributed by atoms with van der Waals surface area (Å²) in [5.74, 6) is 1.60. The van der Waals surface area contributed by atoms with Crippen LogP contribution in [-0.2, 0) is 10.0 Å². The lowest BCUT2D eigenvalue weighted by atomic mass is 9.96. The molecule has 0 unspecified atom stereocenters. The summed E-state index contributed by atoms with van der Waals surface area (Å²) >= 11 is 1.55. The number of thioether (sulfide) groups is 1. The van der Waals surface area contributed by atoms with Gasteiger partial charge in [0.15, 0.2) is 0 Å². The van der Waals surface area contributed by atoms with Crippen LogP contribution in [0.4, 0.5) is 0 Å². The van der Waals surface area contributed by atoms with Crippen molar-refractivity contribution in [1.29, 1.82) is 0 Å². The van der Waals surface area contributed by atoms with Crippen molar-refractivity contribution in [2.24, 2.45) is 0 Å². The Hall–Kier alpha value is -1.57. The van der Waals surface area contributed by atoms with E-state index in [1.54, 1.807) is 30.9 Å². The molecule has 28 heavy (non-hydrogen) atoms. The smallest absolute Gasteiger partial charge is 0.244 e. The molecule has 5 nitrogen and oxygen atoms in total. The van der Waals surface area contributed by atoms with Crippen molar-refractivity contribution in [1.82, 2.24) is 9.29 Å². The molecular formula is C21H28N2O3S2. The number of aromatic nitrogens is 1. The van der Waals surface area contributed by atoms with Crippen molar-refractivity contribution in [3.8, 4) is 5.75 Å². The minimum Gasteiger partial charge on any atom is -0.493 e. The first-order chi connectivity index (χ1) is 13.5. The Kier molecular flexibility index (Phi) is 7.37. The van der Waals surface area contributed by atoms with Gasteiger partial charge in [-0.1, -0.05) is 37.0 Å². The third-order valence-corrected chi connectivity index (χ3v) is 7.90. The Labute approximate surface area is 172 Å². The van der Waals surface area contributed by atoms with E-state index in [0.29, 0.717) is 6.61 Å². The fourth-order valence-electron chi connectivity index (χ4n) is 3.35. The minimum atomic E-state index is -3.48. The van der Waals surface area contributed by atoms with Crippen LogP contribution in [-0.4, -0.2) is 43.2 Å². The molecule has 1 aliphatic rings.